The van der Waals surface area contributed by atoms with E-state index >= 15 is 0 Å². The molecule has 0 aliphatic rings. The van der Waals surface area contributed by atoms with Crippen molar-refractivity contribution in [1.29, 1.82) is 0 Å². The van der Waals surface area contributed by atoms with Crippen molar-refractivity contribution in [3.63, 3.8) is 0 Å². The van der Waals surface area contributed by atoms with E-state index in [-0.39, 0.29) is 18.0 Å². The predicted octanol–water partition coefficient (Wildman–Crippen LogP) is 3.57. The number of fused-ring (bicyclic) bond motifs is 2. The topological polar surface area (TPSA) is 115 Å². The van der Waals surface area contributed by atoms with Crippen LogP contribution in [0.5, 0.6) is 6.01 Å². The predicted molar refractivity (Wildman–Crippen MR) is 121 cm³/mol. The second kappa shape index (κ2) is 8.21. The number of benzene rings is 2. The quantitative estimate of drug-likeness (QED) is 0.435. The average molecular weight is 423 g/mol. The number of nitrogens with two attached hydrogens (primary N) is 1. The fourth-order valence-corrected chi connectivity index (χ4v) is 3.94. The van der Waals surface area contributed by atoms with E-state index in [2.05, 4.69) is 25.6 Å². The minimum atomic E-state index is -0.272. The maximum absolute atomic E-state index is 13.1. The third-order valence-electron chi connectivity index (χ3n) is 4.52. The van der Waals surface area contributed by atoms with Crippen LogP contribution in [0.15, 0.2) is 36.5 Å². The van der Waals surface area contributed by atoms with Crippen molar-refractivity contribution in [3.8, 4) is 6.01 Å². The number of methoxy groups -OCH3 is 1. The Morgan fingerprint density at radius 3 is 2.87 bits per heavy atom. The highest BCUT2D eigenvalue weighted by Gasteiger charge is 2.16. The zero-order chi connectivity index (χ0) is 21.3. The first-order valence-electron chi connectivity index (χ1n) is 9.46. The number of hydrogen-bond donors (Lipinski definition) is 3. The van der Waals surface area contributed by atoms with Gasteiger partial charge in [0, 0.05) is 35.5 Å². The summed E-state index contributed by atoms with van der Waals surface area (Å²) in [6, 6.07) is 9.44. The van der Waals surface area contributed by atoms with Gasteiger partial charge in [-0.2, -0.15) is 4.98 Å². The fourth-order valence-electron chi connectivity index (χ4n) is 3.13. The molecule has 0 aliphatic heterocycles. The fraction of sp³-hybridized carbons (Fsp3) is 0.238. The SMILES string of the molecule is COc1ncc2c(NC[C@@H](C)N)ccc(C(=O)Nc3ccc4sc(C)nc4c3)c2n1. The van der Waals surface area contributed by atoms with Gasteiger partial charge in [-0.15, -0.1) is 11.3 Å². The standard InChI is InChI=1S/C21H22N6O2S/c1-11(22)9-23-16-6-5-14(19-15(16)10-24-21(27-19)29-3)20(28)26-13-4-7-18-17(8-13)25-12(2)30-18/h4-8,10-11,23H,9,22H2,1-3H3,(H,26,28)/t11-/m1/s1. The first-order valence-corrected chi connectivity index (χ1v) is 10.3. The molecule has 0 unspecified atom stereocenters. The van der Waals surface area contributed by atoms with Crippen molar-refractivity contribution < 1.29 is 9.53 Å². The molecule has 0 fully saturated rings. The van der Waals surface area contributed by atoms with Gasteiger partial charge < -0.3 is 21.1 Å². The number of hydrogen-bond acceptors (Lipinski definition) is 8. The van der Waals surface area contributed by atoms with Crippen LogP contribution < -0.4 is 21.1 Å². The van der Waals surface area contributed by atoms with Crippen molar-refractivity contribution >= 4 is 49.7 Å². The van der Waals surface area contributed by atoms with E-state index in [0.29, 0.717) is 23.3 Å². The molecule has 8 nitrogen and oxygen atoms in total. The molecule has 30 heavy (non-hydrogen) atoms. The van der Waals surface area contributed by atoms with Gasteiger partial charge in [0.15, 0.2) is 0 Å². The zero-order valence-corrected chi connectivity index (χ0v) is 17.7. The van der Waals surface area contributed by atoms with Gasteiger partial charge in [0.25, 0.3) is 5.91 Å². The summed E-state index contributed by atoms with van der Waals surface area (Å²) in [6.07, 6.45) is 1.64. The Labute approximate surface area is 177 Å². The lowest BCUT2D eigenvalue weighted by Crippen LogP contribution is -2.25. The summed E-state index contributed by atoms with van der Waals surface area (Å²) in [5, 5.41) is 7.92. The van der Waals surface area contributed by atoms with Crippen molar-refractivity contribution in [2.75, 3.05) is 24.3 Å². The summed E-state index contributed by atoms with van der Waals surface area (Å²) in [4.78, 5) is 26.2. The third kappa shape index (κ3) is 4.03. The van der Waals surface area contributed by atoms with Crippen molar-refractivity contribution in [2.45, 2.75) is 19.9 Å². The second-order valence-electron chi connectivity index (χ2n) is 7.01. The molecule has 4 N–H and O–H groups in total. The Balaban J connectivity index is 1.70. The molecule has 2 heterocycles. The molecule has 0 spiro atoms. The van der Waals surface area contributed by atoms with Gasteiger partial charge in [0.05, 0.1) is 33.4 Å². The number of carbonyl (C=O) groups is 1. The number of anilines is 2. The molecule has 1 atom stereocenters. The highest BCUT2D eigenvalue weighted by atomic mass is 32.1. The van der Waals surface area contributed by atoms with Crippen LogP contribution in [0.3, 0.4) is 0 Å². The van der Waals surface area contributed by atoms with E-state index in [0.717, 1.165) is 26.3 Å². The Morgan fingerprint density at radius 2 is 2.10 bits per heavy atom. The lowest BCUT2D eigenvalue weighted by molar-refractivity contribution is 0.102. The number of aryl methyl sites for hydroxylation is 1. The van der Waals surface area contributed by atoms with Crippen LogP contribution in [-0.2, 0) is 0 Å². The molecular weight excluding hydrogens is 400 g/mol. The highest BCUT2D eigenvalue weighted by molar-refractivity contribution is 7.18. The van der Waals surface area contributed by atoms with Crippen LogP contribution >= 0.6 is 11.3 Å². The molecule has 4 aromatic rings. The lowest BCUT2D eigenvalue weighted by atomic mass is 10.1. The minimum absolute atomic E-state index is 0.0218. The molecule has 2 aromatic heterocycles. The van der Waals surface area contributed by atoms with Gasteiger partial charge in [-0.3, -0.25) is 4.79 Å². The van der Waals surface area contributed by atoms with Crippen LogP contribution in [0.25, 0.3) is 21.1 Å². The molecule has 2 aromatic carbocycles. The number of nitrogens with one attached hydrogen (secondary N) is 2. The monoisotopic (exact) mass is 422 g/mol. The zero-order valence-electron chi connectivity index (χ0n) is 16.9. The molecule has 0 radical (unpaired) electrons. The van der Waals surface area contributed by atoms with Crippen LogP contribution in [-0.4, -0.2) is 40.6 Å². The smallest absolute Gasteiger partial charge is 0.316 e. The maximum Gasteiger partial charge on any atom is 0.316 e. The van der Waals surface area contributed by atoms with E-state index in [9.17, 15) is 4.79 Å². The molecule has 1 amide bonds. The molecule has 0 aliphatic carbocycles. The molecule has 0 saturated carbocycles. The molecule has 0 bridgehead atoms. The summed E-state index contributed by atoms with van der Waals surface area (Å²) in [6.45, 7) is 4.46. The second-order valence-corrected chi connectivity index (χ2v) is 8.24. The highest BCUT2D eigenvalue weighted by Crippen LogP contribution is 2.28. The van der Waals surface area contributed by atoms with Crippen LogP contribution in [0, 0.1) is 6.92 Å². The number of nitrogens with zero attached hydrogens (tertiary/aromatic N) is 3. The normalized spacial score (nSPS) is 12.1. The Kier molecular flexibility index (Phi) is 5.47. The first-order chi connectivity index (χ1) is 14.4. The molecule has 0 saturated heterocycles. The van der Waals surface area contributed by atoms with Gasteiger partial charge >= 0.3 is 6.01 Å². The van der Waals surface area contributed by atoms with Crippen molar-refractivity contribution in [3.05, 3.63) is 47.1 Å². The Bertz CT molecular complexity index is 1240. The van der Waals surface area contributed by atoms with Gasteiger partial charge in [0.1, 0.15) is 0 Å². The van der Waals surface area contributed by atoms with Gasteiger partial charge in [-0.25, -0.2) is 9.97 Å². The Hall–Kier alpha value is -3.30. The molecule has 4 rings (SSSR count). The number of rotatable bonds is 6. The van der Waals surface area contributed by atoms with Crippen molar-refractivity contribution in [2.24, 2.45) is 5.73 Å². The van der Waals surface area contributed by atoms with E-state index in [1.165, 1.54) is 7.11 Å². The van der Waals surface area contributed by atoms with E-state index in [1.807, 2.05) is 38.1 Å². The molecular formula is C21H22N6O2S. The van der Waals surface area contributed by atoms with Gasteiger partial charge in [0.2, 0.25) is 0 Å². The van der Waals surface area contributed by atoms with Crippen molar-refractivity contribution in [1.82, 2.24) is 15.0 Å². The number of aromatic nitrogens is 3. The lowest BCUT2D eigenvalue weighted by Gasteiger charge is -2.14. The summed E-state index contributed by atoms with van der Waals surface area (Å²) in [5.74, 6) is -0.272. The third-order valence-corrected chi connectivity index (χ3v) is 5.47. The maximum atomic E-state index is 13.1. The van der Waals surface area contributed by atoms with Crippen LogP contribution in [0.1, 0.15) is 22.3 Å². The minimum Gasteiger partial charge on any atom is -0.467 e. The number of thiazole rings is 1. The first kappa shape index (κ1) is 20.0. The molecule has 9 heteroatoms. The van der Waals surface area contributed by atoms with Crippen LogP contribution in [0.4, 0.5) is 11.4 Å². The van der Waals surface area contributed by atoms with Crippen LogP contribution in [0.2, 0.25) is 0 Å². The van der Waals surface area contributed by atoms with Gasteiger partial charge in [-0.05, 0) is 44.2 Å². The van der Waals surface area contributed by atoms with E-state index in [1.54, 1.807) is 23.6 Å². The Morgan fingerprint density at radius 1 is 1.27 bits per heavy atom. The molecule has 154 valence electrons. The van der Waals surface area contributed by atoms with E-state index in [4.69, 9.17) is 10.5 Å². The number of amides is 1. The average Bonchev–Trinajstić information content (AvgIpc) is 3.10. The summed E-state index contributed by atoms with van der Waals surface area (Å²) in [5.41, 5.74) is 9.11. The largest absolute Gasteiger partial charge is 0.467 e. The number of carbonyl (C=O) groups excluding carboxylic acids is 1. The summed E-state index contributed by atoms with van der Waals surface area (Å²) < 4.78 is 6.24. The van der Waals surface area contributed by atoms with Gasteiger partial charge in [-0.1, -0.05) is 0 Å². The summed E-state index contributed by atoms with van der Waals surface area (Å²) >= 11 is 1.62. The number of ether oxygens (including phenoxy) is 1. The van der Waals surface area contributed by atoms with E-state index < -0.39 is 0 Å². The summed E-state index contributed by atoms with van der Waals surface area (Å²) in [7, 11) is 1.49.